The topological polar surface area (TPSA) is 41.6 Å². The molecule has 148 valence electrons. The molecule has 4 nitrogen and oxygen atoms in total. The third kappa shape index (κ3) is 4.49. The second-order valence-electron chi connectivity index (χ2n) is 7.59. The van der Waals surface area contributed by atoms with Gasteiger partial charge >= 0.3 is 0 Å². The Kier molecular flexibility index (Phi) is 5.63. The molecule has 4 rings (SSSR count). The minimum atomic E-state index is 0.00613. The predicted octanol–water partition coefficient (Wildman–Crippen LogP) is 4.50. The zero-order chi connectivity index (χ0) is 20.2. The molecule has 0 unspecified atom stereocenters. The first-order chi connectivity index (χ1) is 14.1. The van der Waals surface area contributed by atoms with Gasteiger partial charge in [0.05, 0.1) is 0 Å². The molecule has 0 bridgehead atoms. The minimum Gasteiger partial charge on any atom is -0.489 e. The van der Waals surface area contributed by atoms with E-state index in [-0.39, 0.29) is 5.91 Å². The summed E-state index contributed by atoms with van der Waals surface area (Å²) in [6, 6.07) is 20.4. The fourth-order valence-electron chi connectivity index (χ4n) is 3.57. The summed E-state index contributed by atoms with van der Waals surface area (Å²) in [5, 5.41) is 5.76. The highest BCUT2D eigenvalue weighted by atomic mass is 16.5. The molecule has 1 amide bonds. The van der Waals surface area contributed by atoms with Gasteiger partial charge in [0.15, 0.2) is 0 Å². The Bertz CT molecular complexity index is 1050. The van der Waals surface area contributed by atoms with Crippen molar-refractivity contribution in [3.8, 4) is 5.75 Å². The SMILES string of the molecule is CN(C)C(=O)c1ccc(COc2ccc3cc(C4=CCNCC4)ccc3c2)cc1. The van der Waals surface area contributed by atoms with Gasteiger partial charge in [0.1, 0.15) is 12.4 Å². The molecular weight excluding hydrogens is 360 g/mol. The molecule has 1 aliphatic heterocycles. The number of ether oxygens (including phenoxy) is 1. The number of nitrogens with one attached hydrogen (secondary N) is 1. The number of hydrogen-bond donors (Lipinski definition) is 1. The van der Waals surface area contributed by atoms with E-state index in [4.69, 9.17) is 4.74 Å². The van der Waals surface area contributed by atoms with Gasteiger partial charge in [-0.1, -0.05) is 36.4 Å². The van der Waals surface area contributed by atoms with Gasteiger partial charge in [-0.2, -0.15) is 0 Å². The highest BCUT2D eigenvalue weighted by molar-refractivity contribution is 5.93. The van der Waals surface area contributed by atoms with Crippen LogP contribution < -0.4 is 10.1 Å². The van der Waals surface area contributed by atoms with Gasteiger partial charge in [-0.05, 0) is 70.8 Å². The van der Waals surface area contributed by atoms with Crippen molar-refractivity contribution < 1.29 is 9.53 Å². The molecule has 0 spiro atoms. The van der Waals surface area contributed by atoms with Crippen molar-refractivity contribution in [1.82, 2.24) is 10.2 Å². The summed E-state index contributed by atoms with van der Waals surface area (Å²) in [7, 11) is 3.51. The van der Waals surface area contributed by atoms with Crippen molar-refractivity contribution in [2.75, 3.05) is 27.2 Å². The van der Waals surface area contributed by atoms with Crippen LogP contribution in [0.2, 0.25) is 0 Å². The molecule has 3 aromatic carbocycles. The largest absolute Gasteiger partial charge is 0.489 e. The standard InChI is InChI=1S/C25H26N2O2/c1-27(2)25(28)20-5-3-18(4-6-20)17-29-24-10-9-22-15-21(7-8-23(22)16-24)19-11-13-26-14-12-19/h3-11,15-16,26H,12-14,17H2,1-2H3. The fourth-order valence-corrected chi connectivity index (χ4v) is 3.57. The Labute approximate surface area is 171 Å². The molecule has 0 saturated heterocycles. The molecular formula is C25H26N2O2. The first-order valence-electron chi connectivity index (χ1n) is 9.97. The van der Waals surface area contributed by atoms with E-state index in [1.165, 1.54) is 21.9 Å². The number of amides is 1. The normalized spacial score (nSPS) is 13.8. The highest BCUT2D eigenvalue weighted by Gasteiger charge is 2.08. The van der Waals surface area contributed by atoms with Gasteiger partial charge in [-0.3, -0.25) is 4.79 Å². The smallest absolute Gasteiger partial charge is 0.253 e. The van der Waals surface area contributed by atoms with Crippen molar-refractivity contribution >= 4 is 22.3 Å². The van der Waals surface area contributed by atoms with E-state index in [1.807, 2.05) is 30.3 Å². The number of rotatable bonds is 5. The fraction of sp³-hybridized carbons (Fsp3) is 0.240. The zero-order valence-electron chi connectivity index (χ0n) is 16.9. The van der Waals surface area contributed by atoms with E-state index in [0.29, 0.717) is 12.2 Å². The van der Waals surface area contributed by atoms with E-state index in [1.54, 1.807) is 19.0 Å². The summed E-state index contributed by atoms with van der Waals surface area (Å²) in [6.45, 7) is 2.46. The van der Waals surface area contributed by atoms with Crippen LogP contribution in [0.5, 0.6) is 5.75 Å². The molecule has 0 aromatic heterocycles. The van der Waals surface area contributed by atoms with E-state index in [9.17, 15) is 4.79 Å². The van der Waals surface area contributed by atoms with E-state index < -0.39 is 0 Å². The summed E-state index contributed by atoms with van der Waals surface area (Å²) in [5.74, 6) is 0.853. The number of fused-ring (bicyclic) bond motifs is 1. The van der Waals surface area contributed by atoms with Crippen molar-refractivity contribution in [2.24, 2.45) is 0 Å². The van der Waals surface area contributed by atoms with Crippen molar-refractivity contribution in [3.63, 3.8) is 0 Å². The Morgan fingerprint density at radius 2 is 1.76 bits per heavy atom. The maximum Gasteiger partial charge on any atom is 0.253 e. The first-order valence-corrected chi connectivity index (χ1v) is 9.97. The van der Waals surface area contributed by atoms with Crippen LogP contribution in [0.1, 0.15) is 27.9 Å². The third-order valence-electron chi connectivity index (χ3n) is 5.26. The number of carbonyl (C=O) groups excluding carboxylic acids is 1. The average molecular weight is 386 g/mol. The molecule has 0 aliphatic carbocycles. The van der Waals surface area contributed by atoms with Gasteiger partial charge in [-0.25, -0.2) is 0 Å². The van der Waals surface area contributed by atoms with Crippen LogP contribution in [0.15, 0.2) is 66.7 Å². The summed E-state index contributed by atoms with van der Waals surface area (Å²) in [5.41, 5.74) is 4.44. The van der Waals surface area contributed by atoms with Crippen LogP contribution in [-0.2, 0) is 6.61 Å². The minimum absolute atomic E-state index is 0.00613. The number of benzene rings is 3. The van der Waals surface area contributed by atoms with E-state index in [2.05, 4.69) is 41.7 Å². The van der Waals surface area contributed by atoms with E-state index in [0.717, 1.165) is 30.8 Å². The molecule has 29 heavy (non-hydrogen) atoms. The molecule has 1 heterocycles. The molecule has 1 N–H and O–H groups in total. The van der Waals surface area contributed by atoms with Gasteiger partial charge in [-0.15, -0.1) is 0 Å². The Morgan fingerprint density at radius 1 is 1.00 bits per heavy atom. The Hall–Kier alpha value is -3.11. The van der Waals surface area contributed by atoms with E-state index >= 15 is 0 Å². The van der Waals surface area contributed by atoms with Gasteiger partial charge in [0, 0.05) is 26.2 Å². The molecule has 4 heteroatoms. The van der Waals surface area contributed by atoms with Crippen LogP contribution in [0.4, 0.5) is 0 Å². The van der Waals surface area contributed by atoms with Gasteiger partial charge < -0.3 is 15.0 Å². The average Bonchev–Trinajstić information content (AvgIpc) is 2.77. The first kappa shape index (κ1) is 19.2. The van der Waals surface area contributed by atoms with Crippen LogP contribution in [-0.4, -0.2) is 38.0 Å². The van der Waals surface area contributed by atoms with Crippen molar-refractivity contribution in [3.05, 3.63) is 83.4 Å². The van der Waals surface area contributed by atoms with Crippen LogP contribution in [0.3, 0.4) is 0 Å². The number of nitrogens with zero attached hydrogens (tertiary/aromatic N) is 1. The Balaban J connectivity index is 1.44. The lowest BCUT2D eigenvalue weighted by Crippen LogP contribution is -2.21. The lowest BCUT2D eigenvalue weighted by Gasteiger charge is -2.15. The third-order valence-corrected chi connectivity index (χ3v) is 5.26. The number of hydrogen-bond acceptors (Lipinski definition) is 3. The molecule has 0 atom stereocenters. The van der Waals surface area contributed by atoms with Crippen molar-refractivity contribution in [2.45, 2.75) is 13.0 Å². The predicted molar refractivity (Wildman–Crippen MR) is 118 cm³/mol. The quantitative estimate of drug-likeness (QED) is 0.702. The maximum atomic E-state index is 12.0. The summed E-state index contributed by atoms with van der Waals surface area (Å²) in [4.78, 5) is 13.5. The zero-order valence-corrected chi connectivity index (χ0v) is 16.9. The lowest BCUT2D eigenvalue weighted by atomic mass is 9.97. The van der Waals surface area contributed by atoms with Crippen LogP contribution in [0.25, 0.3) is 16.3 Å². The van der Waals surface area contributed by atoms with Gasteiger partial charge in [0.2, 0.25) is 0 Å². The summed E-state index contributed by atoms with van der Waals surface area (Å²) in [6.07, 6.45) is 3.35. The molecule has 0 fully saturated rings. The lowest BCUT2D eigenvalue weighted by molar-refractivity contribution is 0.0827. The molecule has 0 radical (unpaired) electrons. The molecule has 0 saturated carbocycles. The summed E-state index contributed by atoms with van der Waals surface area (Å²) < 4.78 is 5.98. The van der Waals surface area contributed by atoms with Gasteiger partial charge in [0.25, 0.3) is 5.91 Å². The number of carbonyl (C=O) groups is 1. The summed E-state index contributed by atoms with van der Waals surface area (Å²) >= 11 is 0. The van der Waals surface area contributed by atoms with Crippen LogP contribution in [0, 0.1) is 0 Å². The molecule has 3 aromatic rings. The second-order valence-corrected chi connectivity index (χ2v) is 7.59. The molecule has 1 aliphatic rings. The monoisotopic (exact) mass is 386 g/mol. The maximum absolute atomic E-state index is 12.0. The van der Waals surface area contributed by atoms with Crippen LogP contribution >= 0.6 is 0 Å². The van der Waals surface area contributed by atoms with Crippen molar-refractivity contribution in [1.29, 1.82) is 0 Å². The highest BCUT2D eigenvalue weighted by Crippen LogP contribution is 2.27. The second kappa shape index (κ2) is 8.50. The Morgan fingerprint density at radius 3 is 2.48 bits per heavy atom.